The van der Waals surface area contributed by atoms with Crippen LogP contribution in [0.4, 0.5) is 0 Å². The average molecular weight is 312 g/mol. The first-order valence-corrected chi connectivity index (χ1v) is 8.55. The van der Waals surface area contributed by atoms with E-state index in [1.807, 2.05) is 26.1 Å². The SMILES string of the molecule is CO[C@H]1C[C@@H](CN(C)S(=O)(=O)c2ccccc2C)N(C)C1. The Morgan fingerprint density at radius 3 is 2.62 bits per heavy atom. The molecule has 0 aliphatic carbocycles. The fourth-order valence-electron chi connectivity index (χ4n) is 2.82. The van der Waals surface area contributed by atoms with Crippen LogP contribution in [0.5, 0.6) is 0 Å². The Labute approximate surface area is 127 Å². The van der Waals surface area contributed by atoms with E-state index < -0.39 is 10.0 Å². The quantitative estimate of drug-likeness (QED) is 0.823. The molecule has 0 radical (unpaired) electrons. The zero-order chi connectivity index (χ0) is 15.6. The maximum Gasteiger partial charge on any atom is 0.243 e. The summed E-state index contributed by atoms with van der Waals surface area (Å²) in [5.41, 5.74) is 0.777. The number of likely N-dealkylation sites (tertiary alicyclic amines) is 1. The van der Waals surface area contributed by atoms with Gasteiger partial charge in [0, 0.05) is 33.3 Å². The number of benzene rings is 1. The average Bonchev–Trinajstić information content (AvgIpc) is 2.79. The van der Waals surface area contributed by atoms with Crippen molar-refractivity contribution in [1.29, 1.82) is 0 Å². The highest BCUT2D eigenvalue weighted by atomic mass is 32.2. The van der Waals surface area contributed by atoms with E-state index in [1.54, 1.807) is 26.3 Å². The summed E-state index contributed by atoms with van der Waals surface area (Å²) in [5, 5.41) is 0. The van der Waals surface area contributed by atoms with Crippen LogP contribution in [0.1, 0.15) is 12.0 Å². The van der Waals surface area contributed by atoms with E-state index in [2.05, 4.69) is 4.90 Å². The summed E-state index contributed by atoms with van der Waals surface area (Å²) in [6.07, 6.45) is 1.05. The van der Waals surface area contributed by atoms with Gasteiger partial charge in [0.2, 0.25) is 10.0 Å². The summed E-state index contributed by atoms with van der Waals surface area (Å²) in [6.45, 7) is 3.15. The van der Waals surface area contributed by atoms with Crippen molar-refractivity contribution >= 4 is 10.0 Å². The lowest BCUT2D eigenvalue weighted by Gasteiger charge is -2.25. The maximum absolute atomic E-state index is 12.7. The minimum atomic E-state index is -3.44. The van der Waals surface area contributed by atoms with Gasteiger partial charge in [-0.15, -0.1) is 0 Å². The van der Waals surface area contributed by atoms with Gasteiger partial charge in [-0.25, -0.2) is 8.42 Å². The van der Waals surface area contributed by atoms with Gasteiger partial charge in [-0.05, 0) is 32.0 Å². The molecule has 6 heteroatoms. The number of hydrogen-bond donors (Lipinski definition) is 0. The van der Waals surface area contributed by atoms with E-state index in [-0.39, 0.29) is 12.1 Å². The summed E-state index contributed by atoms with van der Waals surface area (Å²) in [4.78, 5) is 2.55. The molecule has 1 fully saturated rings. The zero-order valence-corrected chi connectivity index (χ0v) is 13.9. The van der Waals surface area contributed by atoms with Gasteiger partial charge >= 0.3 is 0 Å². The van der Waals surface area contributed by atoms with Crippen LogP contribution < -0.4 is 0 Å². The molecule has 1 aromatic rings. The molecule has 0 spiro atoms. The third-order valence-electron chi connectivity index (χ3n) is 4.23. The number of likely N-dealkylation sites (N-methyl/N-ethyl adjacent to an activating group) is 2. The third kappa shape index (κ3) is 3.45. The van der Waals surface area contributed by atoms with Crippen molar-refractivity contribution in [3.63, 3.8) is 0 Å². The van der Waals surface area contributed by atoms with Crippen molar-refractivity contribution in [2.24, 2.45) is 0 Å². The molecule has 0 saturated carbocycles. The standard InChI is InChI=1S/C15H24N2O3S/c1-12-7-5-6-8-15(12)21(18,19)17(3)10-13-9-14(20-4)11-16(13)2/h5-8,13-14H,9-11H2,1-4H3/t13-,14-/m0/s1. The fourth-order valence-corrected chi connectivity index (χ4v) is 4.25. The largest absolute Gasteiger partial charge is 0.380 e. The van der Waals surface area contributed by atoms with Crippen LogP contribution in [-0.2, 0) is 14.8 Å². The first kappa shape index (κ1) is 16.4. The van der Waals surface area contributed by atoms with Crippen LogP contribution in [0.3, 0.4) is 0 Å². The predicted octanol–water partition coefficient (Wildman–Crippen LogP) is 1.33. The van der Waals surface area contributed by atoms with Crippen LogP contribution in [0.2, 0.25) is 0 Å². The minimum absolute atomic E-state index is 0.189. The Morgan fingerprint density at radius 1 is 1.38 bits per heavy atom. The molecular weight excluding hydrogens is 288 g/mol. The first-order valence-electron chi connectivity index (χ1n) is 7.11. The zero-order valence-electron chi connectivity index (χ0n) is 13.1. The minimum Gasteiger partial charge on any atom is -0.380 e. The fraction of sp³-hybridized carbons (Fsp3) is 0.600. The van der Waals surface area contributed by atoms with Crippen LogP contribution in [0.15, 0.2) is 29.2 Å². The normalized spacial score (nSPS) is 23.9. The molecule has 0 N–H and O–H groups in total. The van der Waals surface area contributed by atoms with Gasteiger partial charge in [-0.3, -0.25) is 4.90 Å². The number of rotatable bonds is 5. The van der Waals surface area contributed by atoms with Crippen molar-refractivity contribution in [3.8, 4) is 0 Å². The molecule has 2 atom stereocenters. The Balaban J connectivity index is 2.13. The van der Waals surface area contributed by atoms with Crippen LogP contribution in [0.25, 0.3) is 0 Å². The van der Waals surface area contributed by atoms with E-state index in [0.717, 1.165) is 18.5 Å². The monoisotopic (exact) mass is 312 g/mol. The molecule has 1 heterocycles. The maximum atomic E-state index is 12.7. The van der Waals surface area contributed by atoms with Gasteiger partial charge in [0.15, 0.2) is 0 Å². The van der Waals surface area contributed by atoms with Crippen molar-refractivity contribution in [1.82, 2.24) is 9.21 Å². The molecule has 1 saturated heterocycles. The number of nitrogens with zero attached hydrogens (tertiary/aromatic N) is 2. The second-order valence-electron chi connectivity index (χ2n) is 5.74. The number of aryl methyl sites for hydroxylation is 1. The molecule has 1 aliphatic heterocycles. The van der Waals surface area contributed by atoms with Crippen LogP contribution in [-0.4, -0.2) is 64.1 Å². The number of ether oxygens (including phenoxy) is 1. The summed E-state index contributed by atoms with van der Waals surface area (Å²) in [6, 6.07) is 7.29. The lowest BCUT2D eigenvalue weighted by molar-refractivity contribution is 0.111. The highest BCUT2D eigenvalue weighted by Crippen LogP contribution is 2.23. The van der Waals surface area contributed by atoms with Crippen LogP contribution in [0, 0.1) is 6.92 Å². The van der Waals surface area contributed by atoms with E-state index in [9.17, 15) is 8.42 Å². The Kier molecular flexibility index (Phi) is 5.03. The molecule has 118 valence electrons. The predicted molar refractivity (Wildman–Crippen MR) is 82.8 cm³/mol. The Hall–Kier alpha value is -0.950. The lowest BCUT2D eigenvalue weighted by atomic mass is 10.2. The second-order valence-corrected chi connectivity index (χ2v) is 7.75. The molecule has 0 aromatic heterocycles. The van der Waals surface area contributed by atoms with Crippen molar-refractivity contribution in [2.75, 3.05) is 34.3 Å². The molecule has 21 heavy (non-hydrogen) atoms. The van der Waals surface area contributed by atoms with Gasteiger partial charge in [0.05, 0.1) is 11.0 Å². The first-order chi connectivity index (χ1) is 9.86. The van der Waals surface area contributed by atoms with E-state index in [4.69, 9.17) is 4.74 Å². The van der Waals surface area contributed by atoms with Crippen molar-refractivity contribution in [2.45, 2.75) is 30.4 Å². The number of sulfonamides is 1. The molecular formula is C15H24N2O3S. The molecule has 0 unspecified atom stereocenters. The van der Waals surface area contributed by atoms with Crippen LogP contribution >= 0.6 is 0 Å². The van der Waals surface area contributed by atoms with Gasteiger partial charge < -0.3 is 4.74 Å². The van der Waals surface area contributed by atoms with Crippen molar-refractivity contribution < 1.29 is 13.2 Å². The Bertz CT molecular complexity index is 588. The summed E-state index contributed by atoms with van der Waals surface area (Å²) in [5.74, 6) is 0. The summed E-state index contributed by atoms with van der Waals surface area (Å²) < 4.78 is 32.2. The van der Waals surface area contributed by atoms with E-state index in [0.29, 0.717) is 11.4 Å². The Morgan fingerprint density at radius 2 is 2.05 bits per heavy atom. The van der Waals surface area contributed by atoms with Crippen molar-refractivity contribution in [3.05, 3.63) is 29.8 Å². The van der Waals surface area contributed by atoms with E-state index >= 15 is 0 Å². The third-order valence-corrected chi connectivity index (χ3v) is 6.22. The molecule has 0 bridgehead atoms. The molecule has 5 nitrogen and oxygen atoms in total. The molecule has 2 rings (SSSR count). The number of methoxy groups -OCH3 is 1. The molecule has 1 aromatic carbocycles. The van der Waals surface area contributed by atoms with Gasteiger partial charge in [-0.1, -0.05) is 18.2 Å². The van der Waals surface area contributed by atoms with Gasteiger partial charge in [0.1, 0.15) is 0 Å². The van der Waals surface area contributed by atoms with E-state index in [1.165, 1.54) is 4.31 Å². The van der Waals surface area contributed by atoms with Gasteiger partial charge in [-0.2, -0.15) is 4.31 Å². The highest BCUT2D eigenvalue weighted by molar-refractivity contribution is 7.89. The summed E-state index contributed by atoms with van der Waals surface area (Å²) in [7, 11) is 1.92. The second kappa shape index (κ2) is 6.44. The topological polar surface area (TPSA) is 49.9 Å². The highest BCUT2D eigenvalue weighted by Gasteiger charge is 2.33. The lowest BCUT2D eigenvalue weighted by Crippen LogP contribution is -2.39. The van der Waals surface area contributed by atoms with Gasteiger partial charge in [0.25, 0.3) is 0 Å². The molecule has 0 amide bonds. The number of hydrogen-bond acceptors (Lipinski definition) is 4. The smallest absolute Gasteiger partial charge is 0.243 e. The molecule has 1 aliphatic rings. The summed E-state index contributed by atoms with van der Waals surface area (Å²) >= 11 is 0.